The first-order chi connectivity index (χ1) is 14.5. The van der Waals surface area contributed by atoms with E-state index >= 15 is 0 Å². The van der Waals surface area contributed by atoms with Gasteiger partial charge in [0.15, 0.2) is 0 Å². The SMILES string of the molecule is Cc1cc(C)cc(CN2CCOC[C@]3(CC[C@H](CNc4ccc(C#N)cn4)O3)C2)c1. The number of aromatic nitrogens is 1. The average molecular weight is 407 g/mol. The maximum Gasteiger partial charge on any atom is 0.126 e. The van der Waals surface area contributed by atoms with Gasteiger partial charge in [-0.2, -0.15) is 5.26 Å². The van der Waals surface area contributed by atoms with Crippen molar-refractivity contribution >= 4 is 5.82 Å². The summed E-state index contributed by atoms with van der Waals surface area (Å²) in [6.45, 7) is 9.17. The quantitative estimate of drug-likeness (QED) is 0.820. The van der Waals surface area contributed by atoms with Crippen LogP contribution in [0.1, 0.15) is 35.1 Å². The summed E-state index contributed by atoms with van der Waals surface area (Å²) in [5.74, 6) is 0.770. The van der Waals surface area contributed by atoms with Crippen LogP contribution in [0.5, 0.6) is 0 Å². The highest BCUT2D eigenvalue weighted by Gasteiger charge is 2.42. The Morgan fingerprint density at radius 1 is 1.27 bits per heavy atom. The molecular weight excluding hydrogens is 376 g/mol. The summed E-state index contributed by atoms with van der Waals surface area (Å²) in [6.07, 6.45) is 3.73. The minimum absolute atomic E-state index is 0.132. The molecule has 1 aromatic heterocycles. The summed E-state index contributed by atoms with van der Waals surface area (Å²) in [5, 5.41) is 12.2. The molecule has 2 atom stereocenters. The number of pyridine rings is 1. The second-order valence-corrected chi connectivity index (χ2v) is 8.65. The van der Waals surface area contributed by atoms with E-state index in [1.807, 2.05) is 6.07 Å². The Balaban J connectivity index is 1.35. The van der Waals surface area contributed by atoms with Crippen LogP contribution in [0.15, 0.2) is 36.5 Å². The zero-order chi connectivity index (χ0) is 21.0. The Bertz CT molecular complexity index is 888. The van der Waals surface area contributed by atoms with Gasteiger partial charge in [0, 0.05) is 32.4 Å². The minimum Gasteiger partial charge on any atom is -0.377 e. The zero-order valence-electron chi connectivity index (χ0n) is 17.9. The topological polar surface area (TPSA) is 70.4 Å². The van der Waals surface area contributed by atoms with Crippen molar-refractivity contribution in [2.24, 2.45) is 0 Å². The third-order valence-corrected chi connectivity index (χ3v) is 5.86. The molecule has 30 heavy (non-hydrogen) atoms. The summed E-state index contributed by atoms with van der Waals surface area (Å²) in [7, 11) is 0. The van der Waals surface area contributed by atoms with Crippen molar-refractivity contribution < 1.29 is 9.47 Å². The Labute approximate surface area is 178 Å². The van der Waals surface area contributed by atoms with Gasteiger partial charge in [-0.15, -0.1) is 0 Å². The number of ether oxygens (including phenoxy) is 2. The highest BCUT2D eigenvalue weighted by molar-refractivity contribution is 5.39. The van der Waals surface area contributed by atoms with Gasteiger partial charge in [-0.1, -0.05) is 29.3 Å². The lowest BCUT2D eigenvalue weighted by Crippen LogP contribution is -2.44. The molecule has 3 heterocycles. The van der Waals surface area contributed by atoms with Gasteiger partial charge >= 0.3 is 0 Å². The van der Waals surface area contributed by atoms with Crippen LogP contribution in [0.2, 0.25) is 0 Å². The highest BCUT2D eigenvalue weighted by atomic mass is 16.6. The van der Waals surface area contributed by atoms with E-state index in [9.17, 15) is 0 Å². The van der Waals surface area contributed by atoms with Crippen molar-refractivity contribution in [2.75, 3.05) is 38.2 Å². The fourth-order valence-corrected chi connectivity index (χ4v) is 4.58. The van der Waals surface area contributed by atoms with Crippen molar-refractivity contribution in [2.45, 2.75) is 44.9 Å². The van der Waals surface area contributed by atoms with Gasteiger partial charge in [-0.25, -0.2) is 4.98 Å². The Kier molecular flexibility index (Phi) is 6.33. The minimum atomic E-state index is -0.236. The number of hydrogen-bond donors (Lipinski definition) is 1. The standard InChI is InChI=1S/C24H30N4O2/c1-18-9-19(2)11-21(10-18)15-28-7-8-29-17-24(16-28)6-5-22(30-24)14-27-23-4-3-20(12-25)13-26-23/h3-4,9-11,13,22H,5-8,14-17H2,1-2H3,(H,26,27)/t22-,24+/m1/s1. The predicted molar refractivity (Wildman–Crippen MR) is 116 cm³/mol. The van der Waals surface area contributed by atoms with Gasteiger partial charge in [0.1, 0.15) is 17.5 Å². The molecule has 1 spiro atoms. The Hall–Kier alpha value is -2.46. The van der Waals surface area contributed by atoms with Gasteiger partial charge in [0.25, 0.3) is 0 Å². The van der Waals surface area contributed by atoms with E-state index in [2.05, 4.69) is 53.3 Å². The van der Waals surface area contributed by atoms with Crippen LogP contribution in [0, 0.1) is 25.2 Å². The second kappa shape index (κ2) is 9.13. The van der Waals surface area contributed by atoms with Crippen LogP contribution in [0.3, 0.4) is 0 Å². The molecule has 2 aromatic rings. The fourth-order valence-electron chi connectivity index (χ4n) is 4.58. The number of nitrogens with one attached hydrogen (secondary N) is 1. The monoisotopic (exact) mass is 406 g/mol. The molecule has 4 rings (SSSR count). The molecular formula is C24H30N4O2. The number of rotatable bonds is 5. The Morgan fingerprint density at radius 3 is 2.83 bits per heavy atom. The second-order valence-electron chi connectivity index (χ2n) is 8.65. The zero-order valence-corrected chi connectivity index (χ0v) is 17.9. The molecule has 0 radical (unpaired) electrons. The van der Waals surface area contributed by atoms with Crippen molar-refractivity contribution in [3.63, 3.8) is 0 Å². The van der Waals surface area contributed by atoms with E-state index < -0.39 is 0 Å². The molecule has 0 aliphatic carbocycles. The number of anilines is 1. The summed E-state index contributed by atoms with van der Waals surface area (Å²) in [4.78, 5) is 6.75. The molecule has 0 amide bonds. The maximum absolute atomic E-state index is 8.89. The number of benzene rings is 1. The molecule has 2 aliphatic rings. The van der Waals surface area contributed by atoms with Gasteiger partial charge in [-0.3, -0.25) is 4.90 Å². The Morgan fingerprint density at radius 2 is 2.10 bits per heavy atom. The molecule has 0 saturated carbocycles. The lowest BCUT2D eigenvalue weighted by molar-refractivity contribution is -0.0826. The van der Waals surface area contributed by atoms with E-state index in [4.69, 9.17) is 14.7 Å². The van der Waals surface area contributed by atoms with Crippen LogP contribution >= 0.6 is 0 Å². The predicted octanol–water partition coefficient (Wildman–Crippen LogP) is 3.43. The van der Waals surface area contributed by atoms with Gasteiger partial charge < -0.3 is 14.8 Å². The molecule has 2 saturated heterocycles. The first-order valence-electron chi connectivity index (χ1n) is 10.7. The van der Waals surface area contributed by atoms with Crippen LogP contribution in [0.4, 0.5) is 5.82 Å². The highest BCUT2D eigenvalue weighted by Crippen LogP contribution is 2.33. The number of aryl methyl sites for hydroxylation is 2. The summed E-state index contributed by atoms with van der Waals surface area (Å²) < 4.78 is 12.5. The van der Waals surface area contributed by atoms with E-state index in [1.165, 1.54) is 16.7 Å². The first-order valence-corrected chi connectivity index (χ1v) is 10.7. The molecule has 2 aliphatic heterocycles. The summed E-state index contributed by atoms with van der Waals surface area (Å²) in [6, 6.07) is 12.5. The van der Waals surface area contributed by atoms with Crippen molar-refractivity contribution in [1.82, 2.24) is 9.88 Å². The molecule has 1 aromatic carbocycles. The largest absolute Gasteiger partial charge is 0.377 e. The number of nitriles is 1. The van der Waals surface area contributed by atoms with Crippen LogP contribution in [0.25, 0.3) is 0 Å². The number of nitrogens with zero attached hydrogens (tertiary/aromatic N) is 3. The third-order valence-electron chi connectivity index (χ3n) is 5.86. The fraction of sp³-hybridized carbons (Fsp3) is 0.500. The molecule has 1 N–H and O–H groups in total. The van der Waals surface area contributed by atoms with E-state index in [0.29, 0.717) is 18.7 Å². The summed E-state index contributed by atoms with van der Waals surface area (Å²) >= 11 is 0. The smallest absolute Gasteiger partial charge is 0.126 e. The van der Waals surface area contributed by atoms with E-state index in [-0.39, 0.29) is 11.7 Å². The lowest BCUT2D eigenvalue weighted by atomic mass is 9.99. The normalized spacial score (nSPS) is 24.5. The lowest BCUT2D eigenvalue weighted by Gasteiger charge is -2.32. The van der Waals surface area contributed by atoms with Crippen LogP contribution in [-0.2, 0) is 16.0 Å². The maximum atomic E-state index is 8.89. The molecule has 158 valence electrons. The average Bonchev–Trinajstić information content (AvgIpc) is 3.01. The summed E-state index contributed by atoms with van der Waals surface area (Å²) in [5.41, 5.74) is 4.31. The van der Waals surface area contributed by atoms with Crippen molar-refractivity contribution in [3.05, 3.63) is 58.8 Å². The molecule has 2 fully saturated rings. The third kappa shape index (κ3) is 5.17. The molecule has 6 nitrogen and oxygen atoms in total. The van der Waals surface area contributed by atoms with Crippen molar-refractivity contribution in [1.29, 1.82) is 5.26 Å². The van der Waals surface area contributed by atoms with E-state index in [1.54, 1.807) is 12.3 Å². The van der Waals surface area contributed by atoms with Gasteiger partial charge in [0.2, 0.25) is 0 Å². The molecule has 0 bridgehead atoms. The molecule has 0 unspecified atom stereocenters. The van der Waals surface area contributed by atoms with Crippen LogP contribution in [-0.4, -0.2) is 54.4 Å². The van der Waals surface area contributed by atoms with Crippen LogP contribution < -0.4 is 5.32 Å². The molecule has 6 heteroatoms. The van der Waals surface area contributed by atoms with Gasteiger partial charge in [0.05, 0.1) is 24.9 Å². The first kappa shape index (κ1) is 20.8. The van der Waals surface area contributed by atoms with Gasteiger partial charge in [-0.05, 0) is 44.4 Å². The number of hydrogen-bond acceptors (Lipinski definition) is 6. The van der Waals surface area contributed by atoms with Crippen molar-refractivity contribution in [3.8, 4) is 6.07 Å². The van der Waals surface area contributed by atoms with E-state index in [0.717, 1.165) is 44.9 Å².